The van der Waals surface area contributed by atoms with Gasteiger partial charge in [0.25, 0.3) is 0 Å². The second-order valence-electron chi connectivity index (χ2n) is 5.93. The van der Waals surface area contributed by atoms with Gasteiger partial charge in [0, 0.05) is 24.3 Å². The molecule has 1 aliphatic rings. The van der Waals surface area contributed by atoms with E-state index in [1.165, 1.54) is 19.4 Å². The number of aromatic nitrogens is 1. The lowest BCUT2D eigenvalue weighted by atomic mass is 9.98. The minimum Gasteiger partial charge on any atom is -0.494 e. The molecule has 1 saturated heterocycles. The number of nitrogens with one attached hydrogen (secondary N) is 1. The van der Waals surface area contributed by atoms with Gasteiger partial charge in [-0.15, -0.1) is 0 Å². The van der Waals surface area contributed by atoms with Gasteiger partial charge < -0.3 is 14.8 Å². The number of hydrogen-bond acceptors (Lipinski definition) is 4. The Hall–Kier alpha value is -2.12. The van der Waals surface area contributed by atoms with Crippen molar-refractivity contribution in [3.63, 3.8) is 0 Å². The number of ether oxygens (including phenoxy) is 2. The van der Waals surface area contributed by atoms with Crippen LogP contribution in [0, 0.1) is 0 Å². The quantitative estimate of drug-likeness (QED) is 0.912. The van der Waals surface area contributed by atoms with E-state index in [2.05, 4.69) is 17.2 Å². The summed E-state index contributed by atoms with van der Waals surface area (Å²) in [4.78, 5) is 3.54. The number of pyridine rings is 1. The lowest BCUT2D eigenvalue weighted by Gasteiger charge is -2.30. The van der Waals surface area contributed by atoms with Crippen molar-refractivity contribution in [1.82, 2.24) is 10.3 Å². The Kier molecular flexibility index (Phi) is 4.96. The highest BCUT2D eigenvalue weighted by Gasteiger charge is 2.36. The normalized spacial score (nSPS) is 21.2. The topological polar surface area (TPSA) is 43.4 Å². The maximum Gasteiger partial charge on any atom is 0.437 e. The number of hydrogen-bond donors (Lipinski definition) is 1. The van der Waals surface area contributed by atoms with Crippen LogP contribution in [0.5, 0.6) is 5.75 Å². The molecule has 1 N–H and O–H groups in total. The van der Waals surface area contributed by atoms with E-state index in [1.807, 2.05) is 24.3 Å². The molecule has 0 bridgehead atoms. The van der Waals surface area contributed by atoms with E-state index in [9.17, 15) is 13.2 Å². The van der Waals surface area contributed by atoms with Gasteiger partial charge >= 0.3 is 6.18 Å². The highest BCUT2D eigenvalue weighted by Crippen LogP contribution is 2.36. The maximum atomic E-state index is 12.9. The van der Waals surface area contributed by atoms with Crippen molar-refractivity contribution >= 4 is 0 Å². The van der Waals surface area contributed by atoms with Gasteiger partial charge in [0.1, 0.15) is 5.75 Å². The molecular weight excluding hydrogens is 333 g/mol. The Balaban J connectivity index is 1.87. The van der Waals surface area contributed by atoms with Crippen molar-refractivity contribution in [3.8, 4) is 16.9 Å². The third-order valence-corrected chi connectivity index (χ3v) is 4.23. The first-order chi connectivity index (χ1) is 11.9. The second kappa shape index (κ2) is 7.01. The SMILES string of the molecule is COc1cc(-c2ccc([C@@H]3OCCN[C@H]3C)cc2)cnc1C(F)(F)F. The average molecular weight is 352 g/mol. The molecule has 1 aliphatic heterocycles. The third kappa shape index (κ3) is 3.77. The molecule has 2 atom stereocenters. The molecule has 2 aromatic rings. The number of halogens is 3. The molecule has 0 amide bonds. The van der Waals surface area contributed by atoms with E-state index in [0.717, 1.165) is 17.7 Å². The van der Waals surface area contributed by atoms with Crippen molar-refractivity contribution in [2.75, 3.05) is 20.3 Å². The van der Waals surface area contributed by atoms with Gasteiger partial charge in [0.15, 0.2) is 5.69 Å². The zero-order valence-corrected chi connectivity index (χ0v) is 13.9. The van der Waals surface area contributed by atoms with Crippen LogP contribution in [0.15, 0.2) is 36.5 Å². The summed E-state index contributed by atoms with van der Waals surface area (Å²) in [5, 5.41) is 3.35. The molecule has 0 aliphatic carbocycles. The first-order valence-corrected chi connectivity index (χ1v) is 7.96. The Bertz CT molecular complexity index is 732. The van der Waals surface area contributed by atoms with Gasteiger partial charge in [-0.05, 0) is 24.1 Å². The molecule has 0 radical (unpaired) electrons. The summed E-state index contributed by atoms with van der Waals surface area (Å²) in [5.74, 6) is -0.289. The first-order valence-electron chi connectivity index (χ1n) is 7.96. The number of alkyl halides is 3. The molecule has 1 fully saturated rings. The van der Waals surface area contributed by atoms with Crippen LogP contribution in [0.1, 0.15) is 24.3 Å². The van der Waals surface area contributed by atoms with Gasteiger partial charge in [0.05, 0.1) is 19.8 Å². The summed E-state index contributed by atoms with van der Waals surface area (Å²) >= 11 is 0. The number of benzene rings is 1. The van der Waals surface area contributed by atoms with Crippen LogP contribution in [0.25, 0.3) is 11.1 Å². The van der Waals surface area contributed by atoms with Crippen molar-refractivity contribution < 1.29 is 22.6 Å². The maximum absolute atomic E-state index is 12.9. The van der Waals surface area contributed by atoms with E-state index in [0.29, 0.717) is 12.2 Å². The third-order valence-electron chi connectivity index (χ3n) is 4.23. The van der Waals surface area contributed by atoms with E-state index in [-0.39, 0.29) is 17.9 Å². The molecule has 7 heteroatoms. The molecule has 1 aromatic carbocycles. The molecule has 134 valence electrons. The molecule has 3 rings (SSSR count). The van der Waals surface area contributed by atoms with Crippen LogP contribution in [0.4, 0.5) is 13.2 Å². The number of morpholine rings is 1. The fraction of sp³-hybridized carbons (Fsp3) is 0.389. The monoisotopic (exact) mass is 352 g/mol. The Labute approximate surface area is 144 Å². The summed E-state index contributed by atoms with van der Waals surface area (Å²) in [7, 11) is 1.20. The van der Waals surface area contributed by atoms with E-state index >= 15 is 0 Å². The van der Waals surface area contributed by atoms with Crippen LogP contribution in [-0.2, 0) is 10.9 Å². The molecule has 25 heavy (non-hydrogen) atoms. The zero-order valence-electron chi connectivity index (χ0n) is 13.9. The minimum absolute atomic E-state index is 0.0388. The molecular formula is C18H19F3N2O2. The predicted octanol–water partition coefficient (Wildman–Crippen LogP) is 3.83. The predicted molar refractivity (Wildman–Crippen MR) is 87.4 cm³/mol. The van der Waals surface area contributed by atoms with Crippen molar-refractivity contribution in [2.24, 2.45) is 0 Å². The van der Waals surface area contributed by atoms with Crippen LogP contribution in [0.2, 0.25) is 0 Å². The lowest BCUT2D eigenvalue weighted by Crippen LogP contribution is -2.41. The second-order valence-corrected chi connectivity index (χ2v) is 5.93. The largest absolute Gasteiger partial charge is 0.494 e. The summed E-state index contributed by atoms with van der Waals surface area (Å²) in [6.45, 7) is 3.53. The highest BCUT2D eigenvalue weighted by molar-refractivity contribution is 5.65. The van der Waals surface area contributed by atoms with Gasteiger partial charge in [-0.1, -0.05) is 24.3 Å². The van der Waals surface area contributed by atoms with Crippen LogP contribution in [-0.4, -0.2) is 31.3 Å². The Morgan fingerprint density at radius 1 is 1.20 bits per heavy atom. The molecule has 0 unspecified atom stereocenters. The number of methoxy groups -OCH3 is 1. The summed E-state index contributed by atoms with van der Waals surface area (Å²) in [6.07, 6.45) is -3.38. The summed E-state index contributed by atoms with van der Waals surface area (Å²) in [6, 6.07) is 9.10. The molecule has 0 saturated carbocycles. The molecule has 2 heterocycles. The van der Waals surface area contributed by atoms with E-state index in [4.69, 9.17) is 9.47 Å². The lowest BCUT2D eigenvalue weighted by molar-refractivity contribution is -0.142. The van der Waals surface area contributed by atoms with Crippen molar-refractivity contribution in [1.29, 1.82) is 0 Å². The average Bonchev–Trinajstić information content (AvgIpc) is 2.61. The van der Waals surface area contributed by atoms with Crippen LogP contribution < -0.4 is 10.1 Å². The van der Waals surface area contributed by atoms with Crippen molar-refractivity contribution in [3.05, 3.63) is 47.8 Å². The minimum atomic E-state index is -4.55. The summed E-state index contributed by atoms with van der Waals surface area (Å²) in [5.41, 5.74) is 1.33. The summed E-state index contributed by atoms with van der Waals surface area (Å²) < 4.78 is 49.4. The highest BCUT2D eigenvalue weighted by atomic mass is 19.4. The van der Waals surface area contributed by atoms with E-state index in [1.54, 1.807) is 0 Å². The standard InChI is InChI=1S/C18H19F3N2O2/c1-11-16(25-8-7-22-11)13-5-3-12(4-6-13)14-9-15(24-2)17(23-10-14)18(19,20)21/h3-6,9-11,16,22H,7-8H2,1-2H3/t11-,16+/m0/s1. The number of rotatable bonds is 3. The van der Waals surface area contributed by atoms with Crippen LogP contribution in [0.3, 0.4) is 0 Å². The zero-order chi connectivity index (χ0) is 18.0. The van der Waals surface area contributed by atoms with E-state index < -0.39 is 11.9 Å². The fourth-order valence-corrected chi connectivity index (χ4v) is 2.94. The van der Waals surface area contributed by atoms with Crippen molar-refractivity contribution in [2.45, 2.75) is 25.2 Å². The van der Waals surface area contributed by atoms with Gasteiger partial charge in [-0.2, -0.15) is 13.2 Å². The number of nitrogens with zero attached hydrogens (tertiary/aromatic N) is 1. The fourth-order valence-electron chi connectivity index (χ4n) is 2.94. The molecule has 1 aromatic heterocycles. The van der Waals surface area contributed by atoms with Gasteiger partial charge in [-0.3, -0.25) is 0 Å². The van der Waals surface area contributed by atoms with Gasteiger partial charge in [-0.25, -0.2) is 4.98 Å². The Morgan fingerprint density at radius 3 is 2.52 bits per heavy atom. The van der Waals surface area contributed by atoms with Gasteiger partial charge in [0.2, 0.25) is 0 Å². The first kappa shape index (κ1) is 17.7. The molecule has 0 spiro atoms. The smallest absolute Gasteiger partial charge is 0.437 e. The molecule has 4 nitrogen and oxygen atoms in total. The Morgan fingerprint density at radius 2 is 1.92 bits per heavy atom. The van der Waals surface area contributed by atoms with Crippen LogP contribution >= 0.6 is 0 Å².